The lowest BCUT2D eigenvalue weighted by Gasteiger charge is -2.12. The Morgan fingerprint density at radius 2 is 2.00 bits per heavy atom. The van der Waals surface area contributed by atoms with Gasteiger partial charge in [0.05, 0.1) is 25.2 Å². The standard InChI is InChI=1S/C14H21NO4S/c1-18-13-6-5-11(8-14(13)19-2)9-15-10-12-4-3-7-20(12,16)17/h5-6,8,12,15H,3-4,7,9-10H2,1-2H3. The third-order valence-corrected chi connectivity index (χ3v) is 5.89. The van der Waals surface area contributed by atoms with Crippen molar-refractivity contribution in [2.75, 3.05) is 26.5 Å². The molecule has 1 aromatic carbocycles. The van der Waals surface area contributed by atoms with E-state index in [1.165, 1.54) is 0 Å². The predicted octanol–water partition coefficient (Wildman–Crippen LogP) is 1.37. The van der Waals surface area contributed by atoms with Crippen molar-refractivity contribution in [3.8, 4) is 11.5 Å². The number of ether oxygens (including phenoxy) is 2. The fraction of sp³-hybridized carbons (Fsp3) is 0.571. The van der Waals surface area contributed by atoms with Crippen molar-refractivity contribution in [1.82, 2.24) is 5.32 Å². The maximum Gasteiger partial charge on any atom is 0.161 e. The molecule has 1 fully saturated rings. The van der Waals surface area contributed by atoms with Gasteiger partial charge < -0.3 is 14.8 Å². The molecular weight excluding hydrogens is 278 g/mol. The minimum Gasteiger partial charge on any atom is -0.493 e. The van der Waals surface area contributed by atoms with Crippen molar-refractivity contribution >= 4 is 9.84 Å². The van der Waals surface area contributed by atoms with Crippen molar-refractivity contribution in [1.29, 1.82) is 0 Å². The summed E-state index contributed by atoms with van der Waals surface area (Å²) in [7, 11) is 0.323. The van der Waals surface area contributed by atoms with Crippen molar-refractivity contribution in [2.45, 2.75) is 24.6 Å². The summed E-state index contributed by atoms with van der Waals surface area (Å²) in [5.74, 6) is 1.70. The number of rotatable bonds is 6. The van der Waals surface area contributed by atoms with Crippen LogP contribution < -0.4 is 14.8 Å². The first-order chi connectivity index (χ1) is 9.56. The van der Waals surface area contributed by atoms with Crippen molar-refractivity contribution in [2.24, 2.45) is 0 Å². The van der Waals surface area contributed by atoms with E-state index in [9.17, 15) is 8.42 Å². The topological polar surface area (TPSA) is 64.6 Å². The van der Waals surface area contributed by atoms with E-state index in [0.29, 0.717) is 30.3 Å². The second-order valence-corrected chi connectivity index (χ2v) is 7.35. The molecule has 0 amide bonds. The first-order valence-electron chi connectivity index (χ1n) is 6.70. The van der Waals surface area contributed by atoms with Crippen LogP contribution in [-0.4, -0.2) is 40.2 Å². The van der Waals surface area contributed by atoms with Crippen LogP contribution in [0.5, 0.6) is 11.5 Å². The zero-order valence-corrected chi connectivity index (χ0v) is 12.7. The molecule has 112 valence electrons. The highest BCUT2D eigenvalue weighted by Crippen LogP contribution is 2.27. The van der Waals surface area contributed by atoms with Gasteiger partial charge in [-0.25, -0.2) is 8.42 Å². The molecule has 6 heteroatoms. The molecule has 1 N–H and O–H groups in total. The minimum absolute atomic E-state index is 0.234. The van der Waals surface area contributed by atoms with E-state index >= 15 is 0 Å². The third kappa shape index (κ3) is 3.43. The molecule has 1 aliphatic rings. The van der Waals surface area contributed by atoms with Gasteiger partial charge in [0, 0.05) is 13.1 Å². The maximum atomic E-state index is 11.7. The molecule has 1 aliphatic heterocycles. The molecule has 1 saturated heterocycles. The van der Waals surface area contributed by atoms with Crippen LogP contribution >= 0.6 is 0 Å². The summed E-state index contributed by atoms with van der Waals surface area (Å²) in [5, 5.41) is 2.98. The number of benzene rings is 1. The fourth-order valence-electron chi connectivity index (χ4n) is 2.46. The van der Waals surface area contributed by atoms with E-state index in [0.717, 1.165) is 18.4 Å². The molecule has 1 aromatic rings. The van der Waals surface area contributed by atoms with Crippen LogP contribution in [0.1, 0.15) is 18.4 Å². The lowest BCUT2D eigenvalue weighted by Crippen LogP contribution is -2.30. The maximum absolute atomic E-state index is 11.7. The predicted molar refractivity (Wildman–Crippen MR) is 78.1 cm³/mol. The summed E-state index contributed by atoms with van der Waals surface area (Å²) in [6, 6.07) is 5.69. The van der Waals surface area contributed by atoms with Crippen LogP contribution in [0.4, 0.5) is 0 Å². The molecule has 0 spiro atoms. The molecule has 5 nitrogen and oxygen atoms in total. The van der Waals surface area contributed by atoms with E-state index in [1.807, 2.05) is 18.2 Å². The average molecular weight is 299 g/mol. The second-order valence-electron chi connectivity index (χ2n) is 4.95. The molecular formula is C14H21NO4S. The van der Waals surface area contributed by atoms with E-state index < -0.39 is 9.84 Å². The molecule has 20 heavy (non-hydrogen) atoms. The van der Waals surface area contributed by atoms with Crippen LogP contribution in [-0.2, 0) is 16.4 Å². The first kappa shape index (κ1) is 15.1. The molecule has 1 atom stereocenters. The van der Waals surface area contributed by atoms with Crippen LogP contribution in [0.15, 0.2) is 18.2 Å². The van der Waals surface area contributed by atoms with Gasteiger partial charge in [-0.15, -0.1) is 0 Å². The average Bonchev–Trinajstić information content (AvgIpc) is 2.78. The normalized spacial score (nSPS) is 20.8. The highest BCUT2D eigenvalue weighted by atomic mass is 32.2. The summed E-state index contributed by atoms with van der Waals surface area (Å²) in [6.07, 6.45) is 1.55. The fourth-order valence-corrected chi connectivity index (χ4v) is 4.26. The van der Waals surface area contributed by atoms with Gasteiger partial charge in [-0.3, -0.25) is 0 Å². The molecule has 2 rings (SSSR count). The van der Waals surface area contributed by atoms with Crippen molar-refractivity contribution in [3.05, 3.63) is 23.8 Å². The summed E-state index contributed by atoms with van der Waals surface area (Å²) >= 11 is 0. The number of methoxy groups -OCH3 is 2. The lowest BCUT2D eigenvalue weighted by molar-refractivity contribution is 0.354. The largest absolute Gasteiger partial charge is 0.493 e. The van der Waals surface area contributed by atoms with E-state index in [2.05, 4.69) is 5.32 Å². The Hall–Kier alpha value is -1.27. The summed E-state index contributed by atoms with van der Waals surface area (Å²) in [6.45, 7) is 1.13. The quantitative estimate of drug-likeness (QED) is 0.859. The molecule has 0 bridgehead atoms. The van der Waals surface area contributed by atoms with Crippen molar-refractivity contribution in [3.63, 3.8) is 0 Å². The minimum atomic E-state index is -2.87. The van der Waals surface area contributed by atoms with Gasteiger partial charge in [0.1, 0.15) is 0 Å². The SMILES string of the molecule is COc1ccc(CNCC2CCCS2(=O)=O)cc1OC. The van der Waals surface area contributed by atoms with Gasteiger partial charge in [0.2, 0.25) is 0 Å². The van der Waals surface area contributed by atoms with Gasteiger partial charge in [-0.05, 0) is 30.5 Å². The van der Waals surface area contributed by atoms with Gasteiger partial charge in [-0.2, -0.15) is 0 Å². The van der Waals surface area contributed by atoms with Crippen LogP contribution in [0.25, 0.3) is 0 Å². The summed E-state index contributed by atoms with van der Waals surface area (Å²) in [5.41, 5.74) is 1.04. The molecule has 0 radical (unpaired) electrons. The van der Waals surface area contributed by atoms with Gasteiger partial charge >= 0.3 is 0 Å². The van der Waals surface area contributed by atoms with Crippen LogP contribution in [0, 0.1) is 0 Å². The van der Waals surface area contributed by atoms with Gasteiger partial charge in [0.15, 0.2) is 21.3 Å². The monoisotopic (exact) mass is 299 g/mol. The molecule has 1 heterocycles. The van der Waals surface area contributed by atoms with E-state index in [1.54, 1.807) is 14.2 Å². The molecule has 1 unspecified atom stereocenters. The highest BCUT2D eigenvalue weighted by Gasteiger charge is 2.30. The summed E-state index contributed by atoms with van der Waals surface area (Å²) in [4.78, 5) is 0. The Kier molecular flexibility index (Phi) is 4.88. The number of hydrogen-bond acceptors (Lipinski definition) is 5. The third-order valence-electron chi connectivity index (χ3n) is 3.61. The van der Waals surface area contributed by atoms with Gasteiger partial charge in [-0.1, -0.05) is 6.07 Å². The Morgan fingerprint density at radius 3 is 2.60 bits per heavy atom. The smallest absolute Gasteiger partial charge is 0.161 e. The van der Waals surface area contributed by atoms with E-state index in [4.69, 9.17) is 9.47 Å². The Morgan fingerprint density at radius 1 is 1.25 bits per heavy atom. The number of hydrogen-bond donors (Lipinski definition) is 1. The Labute approximate surface area is 120 Å². The first-order valence-corrected chi connectivity index (χ1v) is 8.41. The van der Waals surface area contributed by atoms with Crippen LogP contribution in [0.2, 0.25) is 0 Å². The number of sulfone groups is 1. The second kappa shape index (κ2) is 6.45. The van der Waals surface area contributed by atoms with E-state index in [-0.39, 0.29) is 5.25 Å². The van der Waals surface area contributed by atoms with Gasteiger partial charge in [0.25, 0.3) is 0 Å². The Bertz CT molecular complexity index is 556. The summed E-state index contributed by atoms with van der Waals surface area (Å²) < 4.78 is 33.8. The lowest BCUT2D eigenvalue weighted by atomic mass is 10.2. The van der Waals surface area contributed by atoms with Crippen LogP contribution in [0.3, 0.4) is 0 Å². The highest BCUT2D eigenvalue weighted by molar-refractivity contribution is 7.92. The molecule has 0 saturated carbocycles. The van der Waals surface area contributed by atoms with Crippen molar-refractivity contribution < 1.29 is 17.9 Å². The number of nitrogens with one attached hydrogen (secondary N) is 1. The molecule has 0 aliphatic carbocycles. The zero-order chi connectivity index (χ0) is 14.6. The molecule has 0 aromatic heterocycles. The Balaban J connectivity index is 1.91. The zero-order valence-electron chi connectivity index (χ0n) is 11.9.